The van der Waals surface area contributed by atoms with Crippen LogP contribution in [-0.2, 0) is 35.6 Å². The van der Waals surface area contributed by atoms with Crippen molar-refractivity contribution in [2.75, 3.05) is 0 Å². The van der Waals surface area contributed by atoms with Crippen LogP contribution in [-0.4, -0.2) is 23.0 Å². The second-order valence-corrected chi connectivity index (χ2v) is 8.90. The van der Waals surface area contributed by atoms with Gasteiger partial charge >= 0.3 is 5.97 Å². The molecule has 1 amide bonds. The molecule has 0 saturated carbocycles. The van der Waals surface area contributed by atoms with Gasteiger partial charge in [0.25, 0.3) is 0 Å². The highest BCUT2D eigenvalue weighted by atomic mass is 19.1. The van der Waals surface area contributed by atoms with E-state index in [-0.39, 0.29) is 18.6 Å². The summed E-state index contributed by atoms with van der Waals surface area (Å²) in [5.74, 6) is -2.67. The lowest BCUT2D eigenvalue weighted by Crippen LogP contribution is -2.43. The van der Waals surface area contributed by atoms with Crippen LogP contribution in [0.4, 0.5) is 8.78 Å². The summed E-state index contributed by atoms with van der Waals surface area (Å²) < 4.78 is 39.1. The molecular formula is C31H27F2NO5. The normalized spacial score (nSPS) is 11.4. The molecule has 0 aliphatic rings. The molecule has 2 N–H and O–H groups in total. The van der Waals surface area contributed by atoms with Crippen molar-refractivity contribution in [3.8, 4) is 11.5 Å². The molecule has 0 aromatic heterocycles. The fourth-order valence-corrected chi connectivity index (χ4v) is 3.90. The van der Waals surface area contributed by atoms with Crippen molar-refractivity contribution in [1.29, 1.82) is 0 Å². The Morgan fingerprint density at radius 1 is 0.744 bits per heavy atom. The lowest BCUT2D eigenvalue weighted by molar-refractivity contribution is -0.141. The van der Waals surface area contributed by atoms with Crippen molar-refractivity contribution in [3.05, 3.63) is 131 Å². The number of nitrogens with one attached hydrogen (secondary N) is 1. The zero-order valence-electron chi connectivity index (χ0n) is 21.0. The van der Waals surface area contributed by atoms with Crippen LogP contribution in [0.25, 0.3) is 0 Å². The Hall–Kier alpha value is -4.72. The summed E-state index contributed by atoms with van der Waals surface area (Å²) in [4.78, 5) is 24.4. The van der Waals surface area contributed by atoms with Gasteiger partial charge in [0.1, 0.15) is 30.9 Å². The minimum atomic E-state index is -1.28. The highest BCUT2D eigenvalue weighted by molar-refractivity contribution is 5.85. The average molecular weight is 532 g/mol. The van der Waals surface area contributed by atoms with Gasteiger partial charge in [0.2, 0.25) is 5.91 Å². The number of carbonyl (C=O) groups excluding carboxylic acids is 1. The van der Waals surface area contributed by atoms with E-state index in [9.17, 15) is 23.5 Å². The maximum absolute atomic E-state index is 13.9. The fraction of sp³-hybridized carbons (Fsp3) is 0.161. The number of carboxylic acid groups (broad SMARTS) is 1. The molecular weight excluding hydrogens is 504 g/mol. The van der Waals surface area contributed by atoms with Gasteiger partial charge in [0.05, 0.1) is 6.42 Å². The second-order valence-electron chi connectivity index (χ2n) is 8.90. The highest BCUT2D eigenvalue weighted by Crippen LogP contribution is 2.30. The summed E-state index contributed by atoms with van der Waals surface area (Å²) in [6, 6.07) is 25.9. The van der Waals surface area contributed by atoms with Crippen molar-refractivity contribution in [3.63, 3.8) is 0 Å². The predicted molar refractivity (Wildman–Crippen MR) is 141 cm³/mol. The molecule has 0 aliphatic heterocycles. The largest absolute Gasteiger partial charge is 0.485 e. The van der Waals surface area contributed by atoms with Gasteiger partial charge in [-0.3, -0.25) is 4.79 Å². The Morgan fingerprint density at radius 2 is 1.36 bits per heavy atom. The number of halogens is 2. The Bertz CT molecular complexity index is 1410. The number of amides is 1. The lowest BCUT2D eigenvalue weighted by Gasteiger charge is -2.18. The van der Waals surface area contributed by atoms with Gasteiger partial charge in [-0.1, -0.05) is 72.8 Å². The molecule has 200 valence electrons. The molecule has 8 heteroatoms. The van der Waals surface area contributed by atoms with Crippen molar-refractivity contribution < 1.29 is 33.0 Å². The van der Waals surface area contributed by atoms with E-state index in [0.29, 0.717) is 29.7 Å². The molecule has 0 unspecified atom stereocenters. The summed E-state index contributed by atoms with van der Waals surface area (Å²) in [6.07, 6.45) is -0.471. The number of carboxylic acids is 1. The first-order valence-corrected chi connectivity index (χ1v) is 12.3. The lowest BCUT2D eigenvalue weighted by atomic mass is 10.0. The van der Waals surface area contributed by atoms with Crippen LogP contribution in [0.2, 0.25) is 0 Å². The summed E-state index contributed by atoms with van der Waals surface area (Å²) in [6.45, 7) is 0.587. The van der Waals surface area contributed by atoms with Crippen molar-refractivity contribution in [1.82, 2.24) is 5.32 Å². The fourth-order valence-electron chi connectivity index (χ4n) is 3.90. The maximum atomic E-state index is 13.9. The molecule has 0 saturated heterocycles. The summed E-state index contributed by atoms with van der Waals surface area (Å²) in [5.41, 5.74) is 2.47. The number of aliphatic carboxylic acids is 1. The third-order valence-electron chi connectivity index (χ3n) is 5.92. The van der Waals surface area contributed by atoms with E-state index >= 15 is 0 Å². The highest BCUT2D eigenvalue weighted by Gasteiger charge is 2.22. The molecule has 0 bridgehead atoms. The molecule has 4 aromatic rings. The van der Waals surface area contributed by atoms with Gasteiger partial charge in [-0.05, 0) is 40.5 Å². The SMILES string of the molecule is O=C(Cc1ccc(F)cc1F)N[C@H](Cc1ccc(OCc2ccccc2)c(OCc2ccccc2)c1)C(=O)O. The molecule has 4 rings (SSSR count). The van der Waals surface area contributed by atoms with Gasteiger partial charge in [-0.25, -0.2) is 13.6 Å². The smallest absolute Gasteiger partial charge is 0.326 e. The molecule has 0 spiro atoms. The van der Waals surface area contributed by atoms with E-state index in [1.807, 2.05) is 60.7 Å². The van der Waals surface area contributed by atoms with Crippen LogP contribution in [0.5, 0.6) is 11.5 Å². The summed E-state index contributed by atoms with van der Waals surface area (Å²) >= 11 is 0. The standard InChI is InChI=1S/C31H27F2NO5/c32-25-13-12-24(26(33)18-25)17-30(35)34-27(31(36)37)15-23-11-14-28(38-19-21-7-3-1-4-8-21)29(16-23)39-20-22-9-5-2-6-10-22/h1-14,16,18,27H,15,17,19-20H2,(H,34,35)(H,36,37)/t27-/m1/s1. The first kappa shape index (κ1) is 27.3. The average Bonchev–Trinajstić information content (AvgIpc) is 2.93. The van der Waals surface area contributed by atoms with Crippen molar-refractivity contribution in [2.24, 2.45) is 0 Å². The second kappa shape index (κ2) is 13.2. The van der Waals surface area contributed by atoms with E-state index in [1.54, 1.807) is 18.2 Å². The first-order chi connectivity index (χ1) is 18.9. The molecule has 0 radical (unpaired) electrons. The molecule has 1 atom stereocenters. The van der Waals surface area contributed by atoms with Gasteiger partial charge in [0, 0.05) is 12.5 Å². The quantitative estimate of drug-likeness (QED) is 0.253. The molecule has 0 fully saturated rings. The summed E-state index contributed by atoms with van der Waals surface area (Å²) in [5, 5.41) is 12.2. The van der Waals surface area contributed by atoms with Crippen molar-refractivity contribution >= 4 is 11.9 Å². The van der Waals surface area contributed by atoms with Gasteiger partial charge < -0.3 is 19.9 Å². The van der Waals surface area contributed by atoms with E-state index in [2.05, 4.69) is 5.32 Å². The first-order valence-electron chi connectivity index (χ1n) is 12.3. The van der Waals surface area contributed by atoms with Crippen LogP contribution in [0.15, 0.2) is 97.1 Å². The van der Waals surface area contributed by atoms with E-state index in [4.69, 9.17) is 9.47 Å². The Morgan fingerprint density at radius 3 is 1.95 bits per heavy atom. The van der Waals surface area contributed by atoms with Gasteiger partial charge in [-0.2, -0.15) is 0 Å². The van der Waals surface area contributed by atoms with Crippen LogP contribution < -0.4 is 14.8 Å². The zero-order chi connectivity index (χ0) is 27.6. The van der Waals surface area contributed by atoms with Gasteiger partial charge in [0.15, 0.2) is 11.5 Å². The van der Waals surface area contributed by atoms with E-state index < -0.39 is 36.0 Å². The number of ether oxygens (including phenoxy) is 2. The number of carbonyl (C=O) groups is 2. The summed E-state index contributed by atoms with van der Waals surface area (Å²) in [7, 11) is 0. The number of benzene rings is 4. The minimum absolute atomic E-state index is 0.0328. The monoisotopic (exact) mass is 531 g/mol. The molecule has 0 aliphatic carbocycles. The number of hydrogen-bond acceptors (Lipinski definition) is 4. The van der Waals surface area contributed by atoms with E-state index in [0.717, 1.165) is 23.3 Å². The van der Waals surface area contributed by atoms with E-state index in [1.165, 1.54) is 0 Å². The van der Waals surface area contributed by atoms with Gasteiger partial charge in [-0.15, -0.1) is 0 Å². The minimum Gasteiger partial charge on any atom is -0.485 e. The zero-order valence-corrected chi connectivity index (χ0v) is 21.0. The number of hydrogen-bond donors (Lipinski definition) is 2. The topological polar surface area (TPSA) is 84.9 Å². The van der Waals surface area contributed by atoms with Crippen LogP contribution in [0.1, 0.15) is 22.3 Å². The Balaban J connectivity index is 1.48. The molecule has 4 aromatic carbocycles. The molecule has 6 nitrogen and oxygen atoms in total. The van der Waals surface area contributed by atoms with Crippen LogP contribution >= 0.6 is 0 Å². The number of rotatable bonds is 12. The van der Waals surface area contributed by atoms with Crippen LogP contribution in [0, 0.1) is 11.6 Å². The third kappa shape index (κ3) is 8.13. The Kier molecular flexibility index (Phi) is 9.24. The Labute approximate surface area is 224 Å². The van der Waals surface area contributed by atoms with Crippen LogP contribution in [0.3, 0.4) is 0 Å². The van der Waals surface area contributed by atoms with Crippen molar-refractivity contribution in [2.45, 2.75) is 32.1 Å². The predicted octanol–water partition coefficient (Wildman–Crippen LogP) is 5.48. The maximum Gasteiger partial charge on any atom is 0.326 e. The molecule has 39 heavy (non-hydrogen) atoms. The third-order valence-corrected chi connectivity index (χ3v) is 5.92. The molecule has 0 heterocycles.